The molecule has 0 unspecified atom stereocenters. The molecule has 1 amide bonds. The molecule has 4 aromatic rings. The van der Waals surface area contributed by atoms with E-state index in [-0.39, 0.29) is 5.76 Å². The number of nitrogens with one attached hydrogen (secondary N) is 1. The number of anilines is 1. The van der Waals surface area contributed by atoms with Crippen molar-refractivity contribution < 1.29 is 18.6 Å². The molecule has 0 saturated carbocycles. The molecule has 0 saturated heterocycles. The number of carbonyl (C=O) groups excluding carboxylic acids is 1. The highest BCUT2D eigenvalue weighted by Crippen LogP contribution is 2.33. The molecule has 0 atom stereocenters. The Morgan fingerprint density at radius 2 is 1.93 bits per heavy atom. The number of amides is 1. The Balaban J connectivity index is 1.66. The Kier molecular flexibility index (Phi) is 4.73. The van der Waals surface area contributed by atoms with Crippen LogP contribution in [0.5, 0.6) is 0 Å². The third-order valence-electron chi connectivity index (χ3n) is 4.14. The summed E-state index contributed by atoms with van der Waals surface area (Å²) in [6, 6.07) is 10.8. The molecular formula is C19H11Cl2N3O5. The molecule has 0 aliphatic rings. The second-order valence-electron chi connectivity index (χ2n) is 6.13. The highest BCUT2D eigenvalue weighted by molar-refractivity contribution is 6.38. The van der Waals surface area contributed by atoms with Crippen LogP contribution >= 0.6 is 23.2 Å². The van der Waals surface area contributed by atoms with Crippen LogP contribution in [0.25, 0.3) is 22.6 Å². The molecule has 0 aliphatic carbocycles. The van der Waals surface area contributed by atoms with Gasteiger partial charge in [-0.05, 0) is 42.8 Å². The highest BCUT2D eigenvalue weighted by Gasteiger charge is 2.19. The van der Waals surface area contributed by atoms with Gasteiger partial charge < -0.3 is 14.2 Å². The maximum absolute atomic E-state index is 12.4. The molecule has 2 aromatic carbocycles. The highest BCUT2D eigenvalue weighted by atomic mass is 35.5. The molecule has 29 heavy (non-hydrogen) atoms. The first-order valence-electron chi connectivity index (χ1n) is 8.24. The molecule has 0 radical (unpaired) electrons. The minimum atomic E-state index is -0.715. The van der Waals surface area contributed by atoms with Gasteiger partial charge in [-0.1, -0.05) is 29.3 Å². The number of nitro groups is 1. The topological polar surface area (TPSA) is 111 Å². The van der Waals surface area contributed by atoms with Crippen molar-refractivity contribution >= 4 is 51.8 Å². The average molecular weight is 432 g/mol. The lowest BCUT2D eigenvalue weighted by Gasteiger charge is -2.08. The Labute approximate surface area is 173 Å². The average Bonchev–Trinajstić information content (AvgIpc) is 3.31. The van der Waals surface area contributed by atoms with E-state index in [1.165, 1.54) is 6.07 Å². The zero-order valence-electron chi connectivity index (χ0n) is 14.7. The van der Waals surface area contributed by atoms with Crippen LogP contribution in [0.3, 0.4) is 0 Å². The summed E-state index contributed by atoms with van der Waals surface area (Å²) in [4.78, 5) is 26.8. The predicted molar refractivity (Wildman–Crippen MR) is 108 cm³/mol. The van der Waals surface area contributed by atoms with Gasteiger partial charge in [0.05, 0.1) is 11.1 Å². The summed E-state index contributed by atoms with van der Waals surface area (Å²) in [5.41, 5.74) is 2.74. The molecule has 0 bridgehead atoms. The van der Waals surface area contributed by atoms with E-state index in [1.54, 1.807) is 37.3 Å². The first-order chi connectivity index (χ1) is 13.8. The number of carbonyl (C=O) groups is 1. The maximum Gasteiger partial charge on any atom is 0.433 e. The fraction of sp³-hybridized carbons (Fsp3) is 0.0526. The lowest BCUT2D eigenvalue weighted by molar-refractivity contribution is -0.402. The van der Waals surface area contributed by atoms with Crippen LogP contribution in [0.15, 0.2) is 51.3 Å². The van der Waals surface area contributed by atoms with Crippen molar-refractivity contribution in [2.45, 2.75) is 6.92 Å². The lowest BCUT2D eigenvalue weighted by Crippen LogP contribution is -2.12. The molecule has 0 fully saturated rings. The third-order valence-corrected chi connectivity index (χ3v) is 4.64. The van der Waals surface area contributed by atoms with Crippen LogP contribution in [0, 0.1) is 17.0 Å². The van der Waals surface area contributed by atoms with Gasteiger partial charge in [-0.3, -0.25) is 14.9 Å². The standard InChI is InChI=1S/C19H11Cl2N3O5/c1-9-2-3-10(19-23-14-8-11(20)7-12(21)17(14)29-19)6-13(9)22-18(25)15-4-5-16(28-15)24(26)27/h2-8H,1H3,(H,22,25). The third kappa shape index (κ3) is 3.67. The monoisotopic (exact) mass is 431 g/mol. The van der Waals surface area contributed by atoms with Crippen LogP contribution in [-0.2, 0) is 0 Å². The number of benzene rings is 2. The van der Waals surface area contributed by atoms with Gasteiger partial charge in [0, 0.05) is 16.3 Å². The van der Waals surface area contributed by atoms with Crippen LogP contribution in [0.2, 0.25) is 10.0 Å². The Morgan fingerprint density at radius 1 is 1.14 bits per heavy atom. The van der Waals surface area contributed by atoms with Crippen molar-refractivity contribution in [1.82, 2.24) is 4.98 Å². The number of fused-ring (bicyclic) bond motifs is 1. The van der Waals surface area contributed by atoms with Gasteiger partial charge in [-0.2, -0.15) is 0 Å². The lowest BCUT2D eigenvalue weighted by atomic mass is 10.1. The number of furan rings is 1. The first kappa shape index (κ1) is 19.0. The smallest absolute Gasteiger partial charge is 0.433 e. The molecule has 4 rings (SSSR count). The van der Waals surface area contributed by atoms with Gasteiger partial charge in [-0.25, -0.2) is 4.98 Å². The SMILES string of the molecule is Cc1ccc(-c2nc3cc(Cl)cc(Cl)c3o2)cc1NC(=O)c1ccc([N+](=O)[O-])o1. The number of hydrogen-bond donors (Lipinski definition) is 1. The largest absolute Gasteiger partial charge is 0.435 e. The summed E-state index contributed by atoms with van der Waals surface area (Å²) in [5, 5.41) is 14.2. The van der Waals surface area contributed by atoms with Gasteiger partial charge >= 0.3 is 5.88 Å². The fourth-order valence-electron chi connectivity index (χ4n) is 2.70. The molecule has 2 aromatic heterocycles. The van der Waals surface area contributed by atoms with E-state index in [0.717, 1.165) is 11.6 Å². The Hall–Kier alpha value is -3.36. The van der Waals surface area contributed by atoms with Gasteiger partial charge in [0.15, 0.2) is 11.3 Å². The summed E-state index contributed by atoms with van der Waals surface area (Å²) in [6.45, 7) is 1.80. The van der Waals surface area contributed by atoms with E-state index >= 15 is 0 Å². The molecule has 10 heteroatoms. The number of oxazole rings is 1. The summed E-state index contributed by atoms with van der Waals surface area (Å²) in [7, 11) is 0. The van der Waals surface area contributed by atoms with Crippen LogP contribution in [0.1, 0.15) is 16.1 Å². The quantitative estimate of drug-likeness (QED) is 0.319. The van der Waals surface area contributed by atoms with Crippen molar-refractivity contribution in [1.29, 1.82) is 0 Å². The predicted octanol–water partition coefficient (Wildman–Crippen LogP) is 5.86. The van der Waals surface area contributed by atoms with Crippen LogP contribution in [0.4, 0.5) is 11.6 Å². The number of aromatic nitrogens is 1. The zero-order chi connectivity index (χ0) is 20.7. The number of halogens is 2. The van der Waals surface area contributed by atoms with E-state index in [0.29, 0.717) is 38.3 Å². The van der Waals surface area contributed by atoms with Crippen molar-refractivity contribution in [3.05, 3.63) is 73.9 Å². The number of hydrogen-bond acceptors (Lipinski definition) is 6. The second-order valence-corrected chi connectivity index (χ2v) is 6.98. The van der Waals surface area contributed by atoms with Gasteiger partial charge in [0.2, 0.25) is 5.89 Å². The van der Waals surface area contributed by atoms with Crippen LogP contribution in [-0.4, -0.2) is 15.8 Å². The normalized spacial score (nSPS) is 11.0. The van der Waals surface area contributed by atoms with E-state index < -0.39 is 16.7 Å². The van der Waals surface area contributed by atoms with E-state index in [9.17, 15) is 14.9 Å². The molecule has 146 valence electrons. The Bertz CT molecular complexity index is 1280. The van der Waals surface area contributed by atoms with Crippen LogP contribution < -0.4 is 5.32 Å². The minimum Gasteiger partial charge on any atom is -0.435 e. The maximum atomic E-state index is 12.4. The molecule has 0 aliphatic heterocycles. The van der Waals surface area contributed by atoms with Crippen molar-refractivity contribution in [3.8, 4) is 11.5 Å². The second kappa shape index (κ2) is 7.23. The van der Waals surface area contributed by atoms with Gasteiger partial charge in [0.25, 0.3) is 5.91 Å². The zero-order valence-corrected chi connectivity index (χ0v) is 16.2. The molecule has 1 N–H and O–H groups in total. The van der Waals surface area contributed by atoms with Crippen molar-refractivity contribution in [2.75, 3.05) is 5.32 Å². The van der Waals surface area contributed by atoms with Crippen molar-refractivity contribution in [3.63, 3.8) is 0 Å². The fourth-order valence-corrected chi connectivity index (χ4v) is 3.23. The first-order valence-corrected chi connectivity index (χ1v) is 8.99. The summed E-state index contributed by atoms with van der Waals surface area (Å²) >= 11 is 12.1. The summed E-state index contributed by atoms with van der Waals surface area (Å²) in [6.07, 6.45) is 0. The summed E-state index contributed by atoms with van der Waals surface area (Å²) < 4.78 is 10.7. The minimum absolute atomic E-state index is 0.176. The number of rotatable bonds is 4. The van der Waals surface area contributed by atoms with Gasteiger partial charge in [0.1, 0.15) is 10.4 Å². The molecule has 0 spiro atoms. The van der Waals surface area contributed by atoms with Gasteiger partial charge in [-0.15, -0.1) is 0 Å². The van der Waals surface area contributed by atoms with Crippen molar-refractivity contribution in [2.24, 2.45) is 0 Å². The molecular weight excluding hydrogens is 421 g/mol. The van der Waals surface area contributed by atoms with E-state index in [4.69, 9.17) is 32.0 Å². The summed E-state index contributed by atoms with van der Waals surface area (Å²) in [5.74, 6) is -1.01. The Morgan fingerprint density at radius 3 is 2.66 bits per heavy atom. The number of nitrogens with zero attached hydrogens (tertiary/aromatic N) is 2. The number of aryl methyl sites for hydroxylation is 1. The molecule has 8 nitrogen and oxygen atoms in total. The van der Waals surface area contributed by atoms with E-state index in [1.807, 2.05) is 0 Å². The molecule has 2 heterocycles. The van der Waals surface area contributed by atoms with E-state index in [2.05, 4.69) is 10.3 Å².